The fourth-order valence-electron chi connectivity index (χ4n) is 4.24. The molecule has 0 radical (unpaired) electrons. The quantitative estimate of drug-likeness (QED) is 0.569. The number of unbranched alkanes of at least 4 members (excludes halogenated alkanes) is 2. The van der Waals surface area contributed by atoms with Crippen LogP contribution in [-0.2, 0) is 17.8 Å². The fraction of sp³-hybridized carbons (Fsp3) is 0.619. The highest BCUT2D eigenvalue weighted by Gasteiger charge is 2.19. The van der Waals surface area contributed by atoms with E-state index in [1.807, 2.05) is 15.8 Å². The largest absolute Gasteiger partial charge is 0.353 e. The van der Waals surface area contributed by atoms with Gasteiger partial charge in [-0.3, -0.25) is 18.6 Å². The number of amides is 1. The third-order valence-electron chi connectivity index (χ3n) is 5.81. The molecule has 0 atom stereocenters. The van der Waals surface area contributed by atoms with Crippen molar-refractivity contribution in [3.63, 3.8) is 0 Å². The first-order valence-electron chi connectivity index (χ1n) is 10.8. The second kappa shape index (κ2) is 9.07. The summed E-state index contributed by atoms with van der Waals surface area (Å²) in [7, 11) is 0. The van der Waals surface area contributed by atoms with Crippen molar-refractivity contribution in [3.8, 4) is 0 Å². The zero-order valence-corrected chi connectivity index (χ0v) is 17.8. The fourth-order valence-corrected chi connectivity index (χ4v) is 5.06. The molecule has 29 heavy (non-hydrogen) atoms. The molecule has 0 aliphatic heterocycles. The monoisotopic (exact) mass is 415 g/mol. The van der Waals surface area contributed by atoms with Crippen molar-refractivity contribution in [2.45, 2.75) is 83.7 Å². The first kappa shape index (κ1) is 20.1. The number of rotatable bonds is 8. The Labute approximate surface area is 174 Å². The Morgan fingerprint density at radius 3 is 2.86 bits per heavy atom. The summed E-state index contributed by atoms with van der Waals surface area (Å²) in [5.41, 5.74) is 0.849. The van der Waals surface area contributed by atoms with Crippen LogP contribution in [0.1, 0.15) is 70.5 Å². The number of nitrogens with zero attached hydrogens (tertiary/aromatic N) is 4. The summed E-state index contributed by atoms with van der Waals surface area (Å²) in [6, 6.07) is 2.26. The van der Waals surface area contributed by atoms with Gasteiger partial charge in [-0.05, 0) is 30.7 Å². The van der Waals surface area contributed by atoms with Crippen molar-refractivity contribution in [2.75, 3.05) is 0 Å². The van der Waals surface area contributed by atoms with Gasteiger partial charge in [-0.2, -0.15) is 0 Å². The molecule has 1 aliphatic carbocycles. The second-order valence-electron chi connectivity index (χ2n) is 7.95. The molecule has 8 heteroatoms. The van der Waals surface area contributed by atoms with Gasteiger partial charge in [0, 0.05) is 25.4 Å². The van der Waals surface area contributed by atoms with Crippen LogP contribution in [0.5, 0.6) is 0 Å². The van der Waals surface area contributed by atoms with Gasteiger partial charge in [-0.25, -0.2) is 0 Å². The number of hydrogen-bond donors (Lipinski definition) is 1. The summed E-state index contributed by atoms with van der Waals surface area (Å²) in [4.78, 5) is 25.4. The molecule has 4 rings (SSSR count). The zero-order valence-electron chi connectivity index (χ0n) is 17.0. The molecule has 7 nitrogen and oxygen atoms in total. The number of carbonyl (C=O) groups excluding carboxylic acids is 1. The maximum absolute atomic E-state index is 12.9. The highest BCUT2D eigenvalue weighted by molar-refractivity contribution is 7.17. The molecule has 0 spiro atoms. The van der Waals surface area contributed by atoms with Crippen molar-refractivity contribution in [1.82, 2.24) is 24.5 Å². The highest BCUT2D eigenvalue weighted by Crippen LogP contribution is 2.21. The summed E-state index contributed by atoms with van der Waals surface area (Å²) >= 11 is 1.45. The van der Waals surface area contributed by atoms with Gasteiger partial charge in [0.05, 0.1) is 5.52 Å². The van der Waals surface area contributed by atoms with Gasteiger partial charge in [-0.1, -0.05) is 39.0 Å². The lowest BCUT2D eigenvalue weighted by Gasteiger charge is -2.22. The van der Waals surface area contributed by atoms with Crippen LogP contribution in [-0.4, -0.2) is 31.1 Å². The minimum Gasteiger partial charge on any atom is -0.353 e. The number of nitrogens with one attached hydrogen (secondary N) is 1. The molecule has 3 aromatic rings. The van der Waals surface area contributed by atoms with Gasteiger partial charge in [0.1, 0.15) is 10.5 Å². The Balaban J connectivity index is 1.57. The molecule has 0 aromatic carbocycles. The summed E-state index contributed by atoms with van der Waals surface area (Å²) in [6.07, 6.45) is 9.85. The molecule has 1 saturated carbocycles. The first-order valence-corrected chi connectivity index (χ1v) is 11.7. The maximum atomic E-state index is 12.9. The van der Waals surface area contributed by atoms with Crippen LogP contribution in [0.15, 0.2) is 16.2 Å². The summed E-state index contributed by atoms with van der Waals surface area (Å²) in [5.74, 6) is 1.40. The Bertz CT molecular complexity index is 1040. The van der Waals surface area contributed by atoms with Gasteiger partial charge < -0.3 is 5.32 Å². The SMILES string of the molecule is CCCCCn1c(=O)c2sccc2n2c(CCC(=O)NC3CCCCC3)nnc12. The lowest BCUT2D eigenvalue weighted by atomic mass is 9.95. The van der Waals surface area contributed by atoms with Crippen molar-refractivity contribution < 1.29 is 4.79 Å². The Morgan fingerprint density at radius 1 is 1.24 bits per heavy atom. The molecule has 0 bridgehead atoms. The minimum atomic E-state index is 0.00703. The molecule has 1 N–H and O–H groups in total. The molecular weight excluding hydrogens is 386 g/mol. The molecule has 3 aromatic heterocycles. The average Bonchev–Trinajstić information content (AvgIpc) is 3.37. The highest BCUT2D eigenvalue weighted by atomic mass is 32.1. The number of hydrogen-bond acceptors (Lipinski definition) is 5. The predicted octanol–water partition coefficient (Wildman–Crippen LogP) is 3.68. The van der Waals surface area contributed by atoms with Gasteiger partial charge in [0.15, 0.2) is 0 Å². The number of aromatic nitrogens is 4. The van der Waals surface area contributed by atoms with Crippen LogP contribution in [0.3, 0.4) is 0 Å². The molecule has 1 aliphatic rings. The van der Waals surface area contributed by atoms with Crippen LogP contribution in [0.4, 0.5) is 0 Å². The number of aryl methyl sites for hydroxylation is 2. The summed E-state index contributed by atoms with van der Waals surface area (Å²) in [5, 5.41) is 13.8. The van der Waals surface area contributed by atoms with Crippen molar-refractivity contribution in [1.29, 1.82) is 0 Å². The zero-order chi connectivity index (χ0) is 20.2. The lowest BCUT2D eigenvalue weighted by Crippen LogP contribution is -2.36. The molecule has 3 heterocycles. The third kappa shape index (κ3) is 4.22. The molecule has 1 fully saturated rings. The smallest absolute Gasteiger partial charge is 0.272 e. The van der Waals surface area contributed by atoms with Crippen molar-refractivity contribution in [2.24, 2.45) is 0 Å². The summed E-state index contributed by atoms with van der Waals surface area (Å²) < 4.78 is 4.43. The van der Waals surface area contributed by atoms with Crippen LogP contribution in [0, 0.1) is 0 Å². The summed E-state index contributed by atoms with van der Waals surface area (Å²) in [6.45, 7) is 2.79. The van der Waals surface area contributed by atoms with E-state index in [0.29, 0.717) is 31.2 Å². The predicted molar refractivity (Wildman–Crippen MR) is 115 cm³/mol. The van der Waals surface area contributed by atoms with Gasteiger partial charge in [-0.15, -0.1) is 21.5 Å². The standard InChI is InChI=1S/C21H29N5O2S/c1-2-3-7-13-25-20(28)19-16(12-14-29-19)26-17(23-24-21(25)26)10-11-18(27)22-15-8-5-4-6-9-15/h12,14-15H,2-11,13H2,1H3,(H,22,27). The van der Waals surface area contributed by atoms with E-state index >= 15 is 0 Å². The number of fused-ring (bicyclic) bond motifs is 3. The van der Waals surface area contributed by atoms with Crippen LogP contribution < -0.4 is 10.9 Å². The van der Waals surface area contributed by atoms with E-state index in [4.69, 9.17) is 0 Å². The van der Waals surface area contributed by atoms with Gasteiger partial charge in [0.2, 0.25) is 11.7 Å². The topological polar surface area (TPSA) is 81.3 Å². The Morgan fingerprint density at radius 2 is 2.07 bits per heavy atom. The van der Waals surface area contributed by atoms with Crippen LogP contribution in [0.2, 0.25) is 0 Å². The van der Waals surface area contributed by atoms with Crippen molar-refractivity contribution >= 4 is 33.2 Å². The van der Waals surface area contributed by atoms with Crippen LogP contribution >= 0.6 is 11.3 Å². The van der Waals surface area contributed by atoms with E-state index in [1.54, 1.807) is 4.57 Å². The Kier molecular flexibility index (Phi) is 6.28. The van der Waals surface area contributed by atoms with Crippen LogP contribution in [0.25, 0.3) is 16.0 Å². The number of thiophene rings is 1. The normalized spacial score (nSPS) is 15.3. The van der Waals surface area contributed by atoms with E-state index in [2.05, 4.69) is 22.4 Å². The van der Waals surface area contributed by atoms with E-state index in [-0.39, 0.29) is 11.5 Å². The molecule has 1 amide bonds. The maximum Gasteiger partial charge on any atom is 0.272 e. The van der Waals surface area contributed by atoms with E-state index < -0.39 is 0 Å². The van der Waals surface area contributed by atoms with Gasteiger partial charge >= 0.3 is 0 Å². The third-order valence-corrected chi connectivity index (χ3v) is 6.70. The Hall–Kier alpha value is -2.22. The number of carbonyl (C=O) groups is 1. The lowest BCUT2D eigenvalue weighted by molar-refractivity contribution is -0.122. The minimum absolute atomic E-state index is 0.00703. The molecule has 0 saturated heterocycles. The average molecular weight is 416 g/mol. The van der Waals surface area contributed by atoms with Crippen molar-refractivity contribution in [3.05, 3.63) is 27.6 Å². The molecule has 0 unspecified atom stereocenters. The first-order chi connectivity index (χ1) is 14.2. The van der Waals surface area contributed by atoms with E-state index in [1.165, 1.54) is 30.6 Å². The second-order valence-corrected chi connectivity index (χ2v) is 8.87. The van der Waals surface area contributed by atoms with E-state index in [0.717, 1.165) is 48.1 Å². The molecule has 156 valence electrons. The van der Waals surface area contributed by atoms with E-state index in [9.17, 15) is 9.59 Å². The van der Waals surface area contributed by atoms with Gasteiger partial charge in [0.25, 0.3) is 5.56 Å². The molecular formula is C21H29N5O2S.